The Labute approximate surface area is 127 Å². The van der Waals surface area contributed by atoms with Gasteiger partial charge >= 0.3 is 6.03 Å². The minimum Gasteiger partial charge on any atom is -0.467 e. The summed E-state index contributed by atoms with van der Waals surface area (Å²) in [6.07, 6.45) is 0.540. The van der Waals surface area contributed by atoms with Gasteiger partial charge in [0.05, 0.1) is 12.8 Å². The lowest BCUT2D eigenvalue weighted by Gasteiger charge is -2.11. The lowest BCUT2D eigenvalue weighted by Crippen LogP contribution is -2.32. The Bertz CT molecular complexity index is 640. The number of anilines is 2. The minimum absolute atomic E-state index is 0.0186. The van der Waals surface area contributed by atoms with Crippen LogP contribution in [-0.4, -0.2) is 23.6 Å². The summed E-state index contributed by atoms with van der Waals surface area (Å²) in [5.74, 6) is 0.191. The predicted molar refractivity (Wildman–Crippen MR) is 81.4 cm³/mol. The molecule has 1 unspecified atom stereocenters. The smallest absolute Gasteiger partial charge is 0.319 e. The standard InChI is InChI=1S/C15H17N3O4/c1-10(19)17-11-4-2-5-12(8-11)18-15(21)16-9-13(20)14-6-3-7-22-14/h2-8,13,20H,9H2,1H3,(H,17,19)(H2,16,18,21). The van der Waals surface area contributed by atoms with E-state index in [-0.39, 0.29) is 12.5 Å². The first-order valence-electron chi connectivity index (χ1n) is 6.68. The zero-order chi connectivity index (χ0) is 15.9. The third kappa shape index (κ3) is 4.64. The molecule has 0 aliphatic rings. The fourth-order valence-electron chi connectivity index (χ4n) is 1.82. The Kier molecular flexibility index (Phi) is 5.16. The number of rotatable bonds is 5. The van der Waals surface area contributed by atoms with Crippen LogP contribution in [0.4, 0.5) is 16.2 Å². The number of hydrogen-bond acceptors (Lipinski definition) is 4. The van der Waals surface area contributed by atoms with E-state index in [4.69, 9.17) is 4.42 Å². The fraction of sp³-hybridized carbons (Fsp3) is 0.200. The zero-order valence-corrected chi connectivity index (χ0v) is 12.0. The third-order valence-electron chi connectivity index (χ3n) is 2.77. The number of carbonyl (C=O) groups is 2. The summed E-state index contributed by atoms with van der Waals surface area (Å²) in [5, 5.41) is 17.6. The summed E-state index contributed by atoms with van der Waals surface area (Å²) < 4.78 is 5.04. The predicted octanol–water partition coefficient (Wildman–Crippen LogP) is 2.09. The van der Waals surface area contributed by atoms with Gasteiger partial charge in [0.2, 0.25) is 5.91 Å². The second kappa shape index (κ2) is 7.28. The molecule has 0 bridgehead atoms. The van der Waals surface area contributed by atoms with Gasteiger partial charge in [0.15, 0.2) is 0 Å². The van der Waals surface area contributed by atoms with Crippen LogP contribution < -0.4 is 16.0 Å². The maximum absolute atomic E-state index is 11.8. The molecule has 0 saturated carbocycles. The summed E-state index contributed by atoms with van der Waals surface area (Å²) in [5.41, 5.74) is 1.11. The summed E-state index contributed by atoms with van der Waals surface area (Å²) in [6.45, 7) is 1.42. The van der Waals surface area contributed by atoms with E-state index in [2.05, 4.69) is 16.0 Å². The van der Waals surface area contributed by atoms with E-state index in [0.717, 1.165) is 0 Å². The molecule has 1 aromatic carbocycles. The van der Waals surface area contributed by atoms with Gasteiger partial charge in [-0.3, -0.25) is 4.79 Å². The summed E-state index contributed by atoms with van der Waals surface area (Å²) in [7, 11) is 0. The van der Waals surface area contributed by atoms with E-state index >= 15 is 0 Å². The number of furan rings is 1. The number of hydrogen-bond donors (Lipinski definition) is 4. The van der Waals surface area contributed by atoms with Crippen molar-refractivity contribution >= 4 is 23.3 Å². The van der Waals surface area contributed by atoms with E-state index in [1.54, 1.807) is 36.4 Å². The van der Waals surface area contributed by atoms with Gasteiger partial charge in [-0.25, -0.2) is 4.79 Å². The largest absolute Gasteiger partial charge is 0.467 e. The molecule has 2 rings (SSSR count). The normalized spacial score (nSPS) is 11.5. The molecule has 2 aromatic rings. The highest BCUT2D eigenvalue weighted by Crippen LogP contribution is 2.15. The number of carbonyl (C=O) groups excluding carboxylic acids is 2. The molecule has 1 aromatic heterocycles. The van der Waals surface area contributed by atoms with Gasteiger partial charge in [0.1, 0.15) is 11.9 Å². The topological polar surface area (TPSA) is 104 Å². The van der Waals surface area contributed by atoms with Gasteiger partial charge in [0.25, 0.3) is 0 Å². The quantitative estimate of drug-likeness (QED) is 0.679. The summed E-state index contributed by atoms with van der Waals surface area (Å²) >= 11 is 0. The second-order valence-corrected chi connectivity index (χ2v) is 4.63. The molecule has 7 nitrogen and oxygen atoms in total. The van der Waals surface area contributed by atoms with E-state index in [1.807, 2.05) is 0 Å². The fourth-order valence-corrected chi connectivity index (χ4v) is 1.82. The first kappa shape index (κ1) is 15.6. The van der Waals surface area contributed by atoms with Crippen molar-refractivity contribution in [2.24, 2.45) is 0 Å². The van der Waals surface area contributed by atoms with Crippen molar-refractivity contribution in [1.29, 1.82) is 0 Å². The molecule has 22 heavy (non-hydrogen) atoms. The molecular formula is C15H17N3O4. The molecule has 1 atom stereocenters. The van der Waals surface area contributed by atoms with Crippen molar-refractivity contribution in [3.63, 3.8) is 0 Å². The highest BCUT2D eigenvalue weighted by molar-refractivity contribution is 5.92. The number of amides is 3. The average molecular weight is 303 g/mol. The molecular weight excluding hydrogens is 286 g/mol. The number of urea groups is 1. The second-order valence-electron chi connectivity index (χ2n) is 4.63. The molecule has 0 aliphatic heterocycles. The Morgan fingerprint density at radius 2 is 1.91 bits per heavy atom. The van der Waals surface area contributed by atoms with Crippen molar-refractivity contribution in [1.82, 2.24) is 5.32 Å². The number of nitrogens with one attached hydrogen (secondary N) is 3. The first-order valence-corrected chi connectivity index (χ1v) is 6.68. The van der Waals surface area contributed by atoms with Gasteiger partial charge in [-0.2, -0.15) is 0 Å². The van der Waals surface area contributed by atoms with Crippen LogP contribution in [0.15, 0.2) is 47.1 Å². The molecule has 0 aliphatic carbocycles. The van der Waals surface area contributed by atoms with Crippen LogP contribution in [-0.2, 0) is 4.79 Å². The summed E-state index contributed by atoms with van der Waals surface area (Å²) in [6, 6.07) is 9.56. The Balaban J connectivity index is 1.85. The van der Waals surface area contributed by atoms with Crippen LogP contribution in [0.2, 0.25) is 0 Å². The number of aliphatic hydroxyl groups is 1. The van der Waals surface area contributed by atoms with Crippen LogP contribution in [0.3, 0.4) is 0 Å². The van der Waals surface area contributed by atoms with Crippen LogP contribution in [0.1, 0.15) is 18.8 Å². The third-order valence-corrected chi connectivity index (χ3v) is 2.77. The highest BCUT2D eigenvalue weighted by atomic mass is 16.4. The maximum atomic E-state index is 11.8. The molecule has 0 radical (unpaired) electrons. The molecule has 3 amide bonds. The lowest BCUT2D eigenvalue weighted by molar-refractivity contribution is -0.114. The van der Waals surface area contributed by atoms with Crippen LogP contribution in [0.5, 0.6) is 0 Å². The highest BCUT2D eigenvalue weighted by Gasteiger charge is 2.11. The van der Waals surface area contributed by atoms with Crippen molar-refractivity contribution in [3.05, 3.63) is 48.4 Å². The van der Waals surface area contributed by atoms with E-state index in [9.17, 15) is 14.7 Å². The Hall–Kier alpha value is -2.80. The average Bonchev–Trinajstić information content (AvgIpc) is 2.98. The van der Waals surface area contributed by atoms with E-state index in [1.165, 1.54) is 13.2 Å². The first-order chi connectivity index (χ1) is 10.5. The molecule has 116 valence electrons. The van der Waals surface area contributed by atoms with E-state index < -0.39 is 12.1 Å². The monoisotopic (exact) mass is 303 g/mol. The van der Waals surface area contributed by atoms with Crippen molar-refractivity contribution in [2.45, 2.75) is 13.0 Å². The maximum Gasteiger partial charge on any atom is 0.319 e. The SMILES string of the molecule is CC(=O)Nc1cccc(NC(=O)NCC(O)c2ccco2)c1. The molecule has 0 spiro atoms. The minimum atomic E-state index is -0.911. The number of benzene rings is 1. The van der Waals surface area contributed by atoms with Gasteiger partial charge < -0.3 is 25.5 Å². The van der Waals surface area contributed by atoms with Crippen LogP contribution in [0, 0.1) is 0 Å². The Morgan fingerprint density at radius 3 is 2.55 bits per heavy atom. The summed E-state index contributed by atoms with van der Waals surface area (Å²) in [4.78, 5) is 22.8. The van der Waals surface area contributed by atoms with Gasteiger partial charge in [-0.1, -0.05) is 6.07 Å². The van der Waals surface area contributed by atoms with Gasteiger partial charge in [-0.15, -0.1) is 0 Å². The van der Waals surface area contributed by atoms with Crippen molar-refractivity contribution in [2.75, 3.05) is 17.2 Å². The molecule has 4 N–H and O–H groups in total. The van der Waals surface area contributed by atoms with Crippen LogP contribution in [0.25, 0.3) is 0 Å². The lowest BCUT2D eigenvalue weighted by atomic mass is 10.2. The van der Waals surface area contributed by atoms with Crippen LogP contribution >= 0.6 is 0 Å². The molecule has 0 saturated heterocycles. The number of aliphatic hydroxyl groups excluding tert-OH is 1. The van der Waals surface area contributed by atoms with E-state index in [0.29, 0.717) is 17.1 Å². The Morgan fingerprint density at radius 1 is 1.18 bits per heavy atom. The zero-order valence-electron chi connectivity index (χ0n) is 12.0. The molecule has 0 fully saturated rings. The molecule has 1 heterocycles. The van der Waals surface area contributed by atoms with Gasteiger partial charge in [0, 0.05) is 18.3 Å². The van der Waals surface area contributed by atoms with Crippen molar-refractivity contribution < 1.29 is 19.1 Å². The molecule has 7 heteroatoms. The van der Waals surface area contributed by atoms with Gasteiger partial charge in [-0.05, 0) is 30.3 Å². The van der Waals surface area contributed by atoms with Crippen molar-refractivity contribution in [3.8, 4) is 0 Å².